The van der Waals surface area contributed by atoms with E-state index in [-0.39, 0.29) is 6.61 Å². The zero-order valence-electron chi connectivity index (χ0n) is 10.3. The smallest absolute Gasteiger partial charge is 0.0992 e. The maximum Gasteiger partial charge on any atom is 0.0992 e. The molecule has 1 aromatic rings. The first kappa shape index (κ1) is 13.4. The number of benzene rings is 1. The second-order valence-corrected chi connectivity index (χ2v) is 5.58. The minimum Gasteiger partial charge on any atom is -0.396 e. The third-order valence-electron chi connectivity index (χ3n) is 3.42. The van der Waals surface area contributed by atoms with Crippen molar-refractivity contribution >= 4 is 21.6 Å². The molecule has 1 N–H and O–H groups in total. The van der Waals surface area contributed by atoms with Crippen LogP contribution in [0.15, 0.2) is 22.7 Å². The Morgan fingerprint density at radius 2 is 2.17 bits per heavy atom. The normalized spacial score (nSPS) is 14.9. The Bertz CT molecular complexity index is 452. The topological polar surface area (TPSA) is 47.3 Å². The first-order valence-electron chi connectivity index (χ1n) is 6.33. The van der Waals surface area contributed by atoms with E-state index in [0.717, 1.165) is 23.1 Å². The van der Waals surface area contributed by atoms with Gasteiger partial charge in [-0.2, -0.15) is 5.26 Å². The standard InChI is InChI=1S/C14H17BrN2O/c15-12-7-11(10-16)8-14(9-12)17(5-2-6-18)13-3-1-4-13/h7-9,13,18H,1-6H2. The SMILES string of the molecule is N#Cc1cc(Br)cc(N(CCCO)C2CCC2)c1. The van der Waals surface area contributed by atoms with Gasteiger partial charge in [-0.05, 0) is 43.9 Å². The fraction of sp³-hybridized carbons (Fsp3) is 0.500. The summed E-state index contributed by atoms with van der Waals surface area (Å²) in [5.74, 6) is 0. The third-order valence-corrected chi connectivity index (χ3v) is 3.87. The van der Waals surface area contributed by atoms with Gasteiger partial charge in [-0.1, -0.05) is 15.9 Å². The summed E-state index contributed by atoms with van der Waals surface area (Å²) in [7, 11) is 0. The summed E-state index contributed by atoms with van der Waals surface area (Å²) >= 11 is 3.45. The van der Waals surface area contributed by atoms with Crippen LogP contribution in [0.3, 0.4) is 0 Å². The summed E-state index contributed by atoms with van der Waals surface area (Å²) < 4.78 is 0.935. The molecule has 3 nitrogen and oxygen atoms in total. The van der Waals surface area contributed by atoms with Crippen molar-refractivity contribution in [2.24, 2.45) is 0 Å². The lowest BCUT2D eigenvalue weighted by Crippen LogP contribution is -2.41. The Kier molecular flexibility index (Phi) is 4.62. The number of halogens is 1. The minimum absolute atomic E-state index is 0.211. The molecule has 1 aromatic carbocycles. The largest absolute Gasteiger partial charge is 0.396 e. The van der Waals surface area contributed by atoms with E-state index in [1.165, 1.54) is 19.3 Å². The van der Waals surface area contributed by atoms with Crippen molar-refractivity contribution in [1.82, 2.24) is 0 Å². The van der Waals surface area contributed by atoms with Crippen LogP contribution in [-0.4, -0.2) is 24.3 Å². The lowest BCUT2D eigenvalue weighted by molar-refractivity contribution is 0.283. The Balaban J connectivity index is 2.23. The highest BCUT2D eigenvalue weighted by Crippen LogP contribution is 2.31. The van der Waals surface area contributed by atoms with Gasteiger partial charge in [0.05, 0.1) is 11.6 Å². The molecule has 0 amide bonds. The second-order valence-electron chi connectivity index (χ2n) is 4.67. The highest BCUT2D eigenvalue weighted by molar-refractivity contribution is 9.10. The molecule has 1 fully saturated rings. The fourth-order valence-electron chi connectivity index (χ4n) is 2.27. The molecule has 0 bridgehead atoms. The van der Waals surface area contributed by atoms with Gasteiger partial charge in [0.2, 0.25) is 0 Å². The number of rotatable bonds is 5. The number of nitriles is 1. The molecule has 0 atom stereocenters. The number of hydrogen-bond donors (Lipinski definition) is 1. The van der Waals surface area contributed by atoms with Gasteiger partial charge >= 0.3 is 0 Å². The van der Waals surface area contributed by atoms with E-state index in [1.807, 2.05) is 12.1 Å². The predicted octanol–water partition coefficient (Wildman–Crippen LogP) is 3.06. The van der Waals surface area contributed by atoms with Gasteiger partial charge in [-0.15, -0.1) is 0 Å². The van der Waals surface area contributed by atoms with Crippen molar-refractivity contribution in [2.45, 2.75) is 31.7 Å². The summed E-state index contributed by atoms with van der Waals surface area (Å²) in [5, 5.41) is 18.0. The van der Waals surface area contributed by atoms with E-state index in [4.69, 9.17) is 10.4 Å². The van der Waals surface area contributed by atoms with Crippen molar-refractivity contribution in [1.29, 1.82) is 5.26 Å². The summed E-state index contributed by atoms with van der Waals surface area (Å²) in [6.45, 7) is 1.06. The summed E-state index contributed by atoms with van der Waals surface area (Å²) in [6, 6.07) is 8.57. The molecule has 1 aliphatic rings. The van der Waals surface area contributed by atoms with Crippen LogP contribution in [0.1, 0.15) is 31.2 Å². The van der Waals surface area contributed by atoms with E-state index in [0.29, 0.717) is 11.6 Å². The maximum absolute atomic E-state index is 9.02. The van der Waals surface area contributed by atoms with Crippen molar-refractivity contribution in [3.05, 3.63) is 28.2 Å². The van der Waals surface area contributed by atoms with E-state index in [1.54, 1.807) is 0 Å². The molecule has 0 spiro atoms. The number of nitrogens with zero attached hydrogens (tertiary/aromatic N) is 2. The van der Waals surface area contributed by atoms with Crippen LogP contribution in [0.2, 0.25) is 0 Å². The van der Waals surface area contributed by atoms with Crippen LogP contribution < -0.4 is 4.90 Å². The summed E-state index contributed by atoms with van der Waals surface area (Å²) in [4.78, 5) is 2.32. The molecule has 0 unspecified atom stereocenters. The van der Waals surface area contributed by atoms with Crippen molar-refractivity contribution in [3.8, 4) is 6.07 Å². The van der Waals surface area contributed by atoms with Crippen LogP contribution in [0.5, 0.6) is 0 Å². The second kappa shape index (κ2) is 6.21. The predicted molar refractivity (Wildman–Crippen MR) is 75.5 cm³/mol. The van der Waals surface area contributed by atoms with Crippen molar-refractivity contribution in [3.63, 3.8) is 0 Å². The molecule has 18 heavy (non-hydrogen) atoms. The third kappa shape index (κ3) is 3.04. The molecule has 96 valence electrons. The first-order chi connectivity index (χ1) is 8.74. The molecule has 0 aromatic heterocycles. The minimum atomic E-state index is 0.211. The molecule has 1 saturated carbocycles. The zero-order valence-corrected chi connectivity index (χ0v) is 11.9. The Hall–Kier alpha value is -1.05. The molecular formula is C14H17BrN2O. The molecule has 0 radical (unpaired) electrons. The number of aliphatic hydroxyl groups excluding tert-OH is 1. The quantitative estimate of drug-likeness (QED) is 0.909. The number of anilines is 1. The highest BCUT2D eigenvalue weighted by atomic mass is 79.9. The van der Waals surface area contributed by atoms with Gasteiger partial charge in [0, 0.05) is 29.4 Å². The summed E-state index contributed by atoms with van der Waals surface area (Å²) in [5.41, 5.74) is 1.76. The van der Waals surface area contributed by atoms with Crippen LogP contribution >= 0.6 is 15.9 Å². The van der Waals surface area contributed by atoms with Gasteiger partial charge in [0.1, 0.15) is 0 Å². The van der Waals surface area contributed by atoms with Gasteiger partial charge in [0.25, 0.3) is 0 Å². The Labute approximate surface area is 116 Å². The molecule has 4 heteroatoms. The number of hydrogen-bond acceptors (Lipinski definition) is 3. The molecule has 0 saturated heterocycles. The molecule has 1 aliphatic carbocycles. The lowest BCUT2D eigenvalue weighted by Gasteiger charge is -2.39. The van der Waals surface area contributed by atoms with Crippen molar-refractivity contribution in [2.75, 3.05) is 18.1 Å². The average Bonchev–Trinajstić information content (AvgIpc) is 2.31. The van der Waals surface area contributed by atoms with Crippen molar-refractivity contribution < 1.29 is 5.11 Å². The molecular weight excluding hydrogens is 292 g/mol. The van der Waals surface area contributed by atoms with E-state index < -0.39 is 0 Å². The van der Waals surface area contributed by atoms with Crippen LogP contribution in [0.25, 0.3) is 0 Å². The maximum atomic E-state index is 9.02. The fourth-order valence-corrected chi connectivity index (χ4v) is 2.75. The molecule has 2 rings (SSSR count). The van der Waals surface area contributed by atoms with E-state index >= 15 is 0 Å². The first-order valence-corrected chi connectivity index (χ1v) is 7.12. The lowest BCUT2D eigenvalue weighted by atomic mass is 9.90. The average molecular weight is 309 g/mol. The summed E-state index contributed by atoms with van der Waals surface area (Å²) in [6.07, 6.45) is 4.46. The molecule has 0 heterocycles. The van der Waals surface area contributed by atoms with Gasteiger partial charge in [-0.3, -0.25) is 0 Å². The monoisotopic (exact) mass is 308 g/mol. The van der Waals surface area contributed by atoms with Gasteiger partial charge in [-0.25, -0.2) is 0 Å². The highest BCUT2D eigenvalue weighted by Gasteiger charge is 2.25. The Morgan fingerprint density at radius 3 is 2.72 bits per heavy atom. The van der Waals surface area contributed by atoms with E-state index in [9.17, 15) is 0 Å². The van der Waals surface area contributed by atoms with Gasteiger partial charge in [0.15, 0.2) is 0 Å². The van der Waals surface area contributed by atoms with E-state index in [2.05, 4.69) is 33.0 Å². The zero-order chi connectivity index (χ0) is 13.0. The van der Waals surface area contributed by atoms with Crippen LogP contribution in [0, 0.1) is 11.3 Å². The number of aliphatic hydroxyl groups is 1. The van der Waals surface area contributed by atoms with Crippen LogP contribution in [-0.2, 0) is 0 Å². The van der Waals surface area contributed by atoms with Crippen LogP contribution in [0.4, 0.5) is 5.69 Å². The van der Waals surface area contributed by atoms with Gasteiger partial charge < -0.3 is 10.0 Å². The Morgan fingerprint density at radius 1 is 1.39 bits per heavy atom. The molecule has 0 aliphatic heterocycles.